The molecule has 0 aliphatic carbocycles. The van der Waals surface area contributed by atoms with Crippen molar-refractivity contribution in [3.8, 4) is 0 Å². The molecule has 1 atom stereocenters. The van der Waals surface area contributed by atoms with E-state index in [1.54, 1.807) is 38.1 Å². The Hall–Kier alpha value is -2.41. The summed E-state index contributed by atoms with van der Waals surface area (Å²) in [7, 11) is -3.44. The molecule has 0 radical (unpaired) electrons. The highest BCUT2D eigenvalue weighted by atomic mass is 32.2. The van der Waals surface area contributed by atoms with Gasteiger partial charge in [-0.3, -0.25) is 9.52 Å². The number of sulfonamides is 1. The molecular formula is C17H19FN2O3S. The van der Waals surface area contributed by atoms with Gasteiger partial charge in [0.15, 0.2) is 0 Å². The highest BCUT2D eigenvalue weighted by molar-refractivity contribution is 7.92. The number of carbonyl (C=O) groups excluding carboxylic acids is 1. The van der Waals surface area contributed by atoms with Crippen LogP contribution in [0.3, 0.4) is 0 Å². The van der Waals surface area contributed by atoms with Crippen molar-refractivity contribution in [3.05, 3.63) is 65.0 Å². The summed E-state index contributed by atoms with van der Waals surface area (Å²) >= 11 is 0. The third-order valence-corrected chi connectivity index (χ3v) is 4.08. The molecule has 0 fully saturated rings. The lowest BCUT2D eigenvalue weighted by atomic mass is 10.1. The number of aryl methyl sites for hydroxylation is 1. The predicted molar refractivity (Wildman–Crippen MR) is 91.9 cm³/mol. The fraction of sp³-hybridized carbons (Fsp3) is 0.235. The van der Waals surface area contributed by atoms with Gasteiger partial charge in [-0.2, -0.15) is 0 Å². The second-order valence-electron chi connectivity index (χ2n) is 5.65. The molecule has 2 N–H and O–H groups in total. The number of benzene rings is 2. The number of halogens is 1. The van der Waals surface area contributed by atoms with Crippen molar-refractivity contribution in [2.24, 2.45) is 0 Å². The van der Waals surface area contributed by atoms with Crippen LogP contribution < -0.4 is 10.0 Å². The Kier molecular flexibility index (Phi) is 5.23. The molecule has 2 aromatic carbocycles. The first-order valence-electron chi connectivity index (χ1n) is 7.30. The number of hydrogen-bond acceptors (Lipinski definition) is 3. The predicted octanol–water partition coefficient (Wildman–Crippen LogP) is 3.00. The first-order chi connectivity index (χ1) is 11.2. The summed E-state index contributed by atoms with van der Waals surface area (Å²) < 4.78 is 38.4. The fourth-order valence-corrected chi connectivity index (χ4v) is 2.83. The third kappa shape index (κ3) is 4.79. The number of carbonyl (C=O) groups is 1. The summed E-state index contributed by atoms with van der Waals surface area (Å²) in [5, 5.41) is 2.77. The van der Waals surface area contributed by atoms with E-state index in [2.05, 4.69) is 10.0 Å². The average Bonchev–Trinajstić information content (AvgIpc) is 2.48. The van der Waals surface area contributed by atoms with Crippen molar-refractivity contribution < 1.29 is 17.6 Å². The molecule has 0 saturated carbocycles. The van der Waals surface area contributed by atoms with E-state index in [0.29, 0.717) is 22.4 Å². The molecule has 0 spiro atoms. The zero-order chi connectivity index (χ0) is 17.9. The zero-order valence-electron chi connectivity index (χ0n) is 13.6. The second-order valence-corrected chi connectivity index (χ2v) is 7.40. The Morgan fingerprint density at radius 2 is 1.88 bits per heavy atom. The molecule has 1 amide bonds. The van der Waals surface area contributed by atoms with E-state index in [9.17, 15) is 17.6 Å². The first-order valence-corrected chi connectivity index (χ1v) is 9.19. The fourth-order valence-electron chi connectivity index (χ4n) is 2.21. The minimum atomic E-state index is -3.44. The summed E-state index contributed by atoms with van der Waals surface area (Å²) in [5.74, 6) is -0.744. The van der Waals surface area contributed by atoms with Gasteiger partial charge in [-0.1, -0.05) is 18.2 Å². The smallest absolute Gasteiger partial charge is 0.251 e. The molecule has 0 bridgehead atoms. The number of rotatable bonds is 5. The molecule has 0 aromatic heterocycles. The van der Waals surface area contributed by atoms with Crippen LogP contribution >= 0.6 is 0 Å². The molecule has 0 saturated heterocycles. The van der Waals surface area contributed by atoms with E-state index in [1.807, 2.05) is 0 Å². The van der Waals surface area contributed by atoms with Crippen molar-refractivity contribution in [2.75, 3.05) is 11.0 Å². The second kappa shape index (κ2) is 7.00. The first kappa shape index (κ1) is 17.9. The molecular weight excluding hydrogens is 331 g/mol. The van der Waals surface area contributed by atoms with Gasteiger partial charge < -0.3 is 5.32 Å². The zero-order valence-corrected chi connectivity index (χ0v) is 14.4. The quantitative estimate of drug-likeness (QED) is 0.870. The van der Waals surface area contributed by atoms with Crippen molar-refractivity contribution in [1.29, 1.82) is 0 Å². The summed E-state index contributed by atoms with van der Waals surface area (Å²) in [6, 6.07) is 10.3. The van der Waals surface area contributed by atoms with Crippen LogP contribution in [0.2, 0.25) is 0 Å². The minimum Gasteiger partial charge on any atom is -0.346 e. The number of anilines is 1. The van der Waals surface area contributed by atoms with Gasteiger partial charge in [-0.05, 0) is 49.2 Å². The van der Waals surface area contributed by atoms with Gasteiger partial charge in [0.1, 0.15) is 5.82 Å². The topological polar surface area (TPSA) is 75.3 Å². The molecule has 0 aliphatic heterocycles. The molecule has 24 heavy (non-hydrogen) atoms. The Bertz CT molecular complexity index is 866. The maximum absolute atomic E-state index is 13.3. The van der Waals surface area contributed by atoms with Crippen molar-refractivity contribution >= 4 is 21.6 Å². The maximum atomic E-state index is 13.3. The molecule has 5 nitrogen and oxygen atoms in total. The maximum Gasteiger partial charge on any atom is 0.251 e. The molecule has 1 unspecified atom stereocenters. The molecule has 7 heteroatoms. The summed E-state index contributed by atoms with van der Waals surface area (Å²) in [4.78, 5) is 12.4. The lowest BCUT2D eigenvalue weighted by molar-refractivity contribution is 0.0940. The van der Waals surface area contributed by atoms with E-state index in [-0.39, 0.29) is 17.8 Å². The van der Waals surface area contributed by atoms with E-state index in [1.165, 1.54) is 18.2 Å². The molecule has 0 heterocycles. The van der Waals surface area contributed by atoms with Gasteiger partial charge in [-0.25, -0.2) is 12.8 Å². The van der Waals surface area contributed by atoms with Crippen LogP contribution in [0.4, 0.5) is 10.1 Å². The molecule has 0 aliphatic rings. The lowest BCUT2D eigenvalue weighted by Crippen LogP contribution is -2.27. The summed E-state index contributed by atoms with van der Waals surface area (Å²) in [6.45, 7) is 3.49. The SMILES string of the molecule is Cc1ccc(C(=O)NC(C)c2cccc(F)c2)cc1NS(C)(=O)=O. The van der Waals surface area contributed by atoms with Gasteiger partial charge in [0.25, 0.3) is 5.91 Å². The number of hydrogen-bond donors (Lipinski definition) is 2. The van der Waals surface area contributed by atoms with Crippen molar-refractivity contribution in [2.45, 2.75) is 19.9 Å². The van der Waals surface area contributed by atoms with Crippen LogP contribution in [0.25, 0.3) is 0 Å². The van der Waals surface area contributed by atoms with Gasteiger partial charge in [-0.15, -0.1) is 0 Å². The standard InChI is InChI=1S/C17H19FN2O3S/c1-11-7-8-14(10-16(11)20-24(3,22)23)17(21)19-12(2)13-5-4-6-15(18)9-13/h4-10,12,20H,1-3H3,(H,19,21). The van der Waals surface area contributed by atoms with Gasteiger partial charge in [0.05, 0.1) is 18.0 Å². The Labute approximate surface area is 141 Å². The van der Waals surface area contributed by atoms with Crippen LogP contribution in [0, 0.1) is 12.7 Å². The van der Waals surface area contributed by atoms with Crippen LogP contribution in [-0.4, -0.2) is 20.6 Å². The van der Waals surface area contributed by atoms with Gasteiger partial charge in [0.2, 0.25) is 10.0 Å². The third-order valence-electron chi connectivity index (χ3n) is 3.49. The minimum absolute atomic E-state index is 0.315. The Balaban J connectivity index is 2.19. The van der Waals surface area contributed by atoms with Crippen molar-refractivity contribution in [1.82, 2.24) is 5.32 Å². The molecule has 2 rings (SSSR count). The van der Waals surface area contributed by atoms with E-state index in [4.69, 9.17) is 0 Å². The highest BCUT2D eigenvalue weighted by Gasteiger charge is 2.14. The number of nitrogens with one attached hydrogen (secondary N) is 2. The van der Waals surface area contributed by atoms with Crippen LogP contribution in [0.1, 0.15) is 34.5 Å². The normalized spacial score (nSPS) is 12.5. The largest absolute Gasteiger partial charge is 0.346 e. The highest BCUT2D eigenvalue weighted by Crippen LogP contribution is 2.19. The van der Waals surface area contributed by atoms with Gasteiger partial charge >= 0.3 is 0 Å². The van der Waals surface area contributed by atoms with Gasteiger partial charge in [0, 0.05) is 5.56 Å². The van der Waals surface area contributed by atoms with Crippen LogP contribution in [0.15, 0.2) is 42.5 Å². The summed E-state index contributed by atoms with van der Waals surface area (Å²) in [5.41, 5.74) is 2.01. The monoisotopic (exact) mass is 350 g/mol. The molecule has 128 valence electrons. The Morgan fingerprint density at radius 3 is 2.50 bits per heavy atom. The average molecular weight is 350 g/mol. The lowest BCUT2D eigenvalue weighted by Gasteiger charge is -2.15. The van der Waals surface area contributed by atoms with Crippen LogP contribution in [0.5, 0.6) is 0 Å². The number of amides is 1. The van der Waals surface area contributed by atoms with E-state index in [0.717, 1.165) is 6.26 Å². The van der Waals surface area contributed by atoms with E-state index < -0.39 is 10.0 Å². The van der Waals surface area contributed by atoms with E-state index >= 15 is 0 Å². The molecule has 2 aromatic rings. The van der Waals surface area contributed by atoms with Crippen molar-refractivity contribution in [3.63, 3.8) is 0 Å². The summed E-state index contributed by atoms with van der Waals surface area (Å²) in [6.07, 6.45) is 1.05. The Morgan fingerprint density at radius 1 is 1.17 bits per heavy atom. The van der Waals surface area contributed by atoms with Crippen LogP contribution in [-0.2, 0) is 10.0 Å².